The number of rotatable bonds is 5. The van der Waals surface area contributed by atoms with Crippen LogP contribution in [0, 0.1) is 0 Å². The summed E-state index contributed by atoms with van der Waals surface area (Å²) in [5.41, 5.74) is 1.54. The maximum absolute atomic E-state index is 13.5. The van der Waals surface area contributed by atoms with Gasteiger partial charge in [0.1, 0.15) is 5.75 Å². The van der Waals surface area contributed by atoms with Gasteiger partial charge in [0.15, 0.2) is 5.69 Å². The fourth-order valence-corrected chi connectivity index (χ4v) is 4.92. The maximum Gasteiger partial charge on any atom is 0.435 e. The van der Waals surface area contributed by atoms with E-state index in [2.05, 4.69) is 5.10 Å². The molecule has 1 aliphatic heterocycles. The van der Waals surface area contributed by atoms with Gasteiger partial charge in [-0.15, -0.1) is 0 Å². The molecular formula is C28H23ClF3N3O2. The number of nitrogens with zero attached hydrogens (tertiary/aromatic N) is 3. The van der Waals surface area contributed by atoms with Crippen LogP contribution in [0.4, 0.5) is 13.2 Å². The van der Waals surface area contributed by atoms with Crippen molar-refractivity contribution in [3.05, 3.63) is 101 Å². The molecule has 9 heteroatoms. The first-order chi connectivity index (χ1) is 17.8. The van der Waals surface area contributed by atoms with Crippen LogP contribution >= 0.6 is 11.6 Å². The number of carbonyl (C=O) groups excluding carboxylic acids is 1. The van der Waals surface area contributed by atoms with Gasteiger partial charge in [-0.1, -0.05) is 54.1 Å². The predicted molar refractivity (Wildman–Crippen MR) is 135 cm³/mol. The number of alkyl halides is 3. The number of halogens is 4. The first-order valence-corrected chi connectivity index (χ1v) is 12.1. The normalized spacial score (nSPS) is 15.7. The Bertz CT molecular complexity index is 1430. The number of hydrogen-bond donors (Lipinski definition) is 0. The number of amides is 1. The molecule has 37 heavy (non-hydrogen) atoms. The van der Waals surface area contributed by atoms with Gasteiger partial charge < -0.3 is 9.64 Å². The summed E-state index contributed by atoms with van der Waals surface area (Å²) < 4.78 is 47.1. The van der Waals surface area contributed by atoms with Crippen LogP contribution in [-0.2, 0) is 6.18 Å². The quantitative estimate of drug-likeness (QED) is 0.286. The highest BCUT2D eigenvalue weighted by Crippen LogP contribution is 2.36. The second kappa shape index (κ2) is 9.94. The van der Waals surface area contributed by atoms with E-state index in [4.69, 9.17) is 16.3 Å². The number of methoxy groups -OCH3 is 1. The van der Waals surface area contributed by atoms with Crippen LogP contribution in [0.15, 0.2) is 78.9 Å². The molecule has 2 heterocycles. The summed E-state index contributed by atoms with van der Waals surface area (Å²) in [6, 6.07) is 21.9. The molecule has 0 radical (unpaired) electrons. The molecule has 0 saturated carbocycles. The van der Waals surface area contributed by atoms with E-state index in [1.54, 1.807) is 60.5 Å². The number of likely N-dealkylation sites (tertiary alicyclic amines) is 1. The van der Waals surface area contributed by atoms with Gasteiger partial charge in [0.05, 0.1) is 23.5 Å². The monoisotopic (exact) mass is 525 g/mol. The Hall–Kier alpha value is -3.78. The zero-order chi connectivity index (χ0) is 26.2. The van der Waals surface area contributed by atoms with Crippen molar-refractivity contribution in [2.75, 3.05) is 20.2 Å². The predicted octanol–water partition coefficient (Wildman–Crippen LogP) is 6.85. The molecule has 1 fully saturated rings. The number of hydrogen-bond acceptors (Lipinski definition) is 3. The summed E-state index contributed by atoms with van der Waals surface area (Å²) in [5.74, 6) is 0.851. The SMILES string of the molecule is COc1ccccc1C1CCN(C(=O)c2ccc(-c3cc(C(F)(F)F)nn3-c3ccccc3Cl)cc2)C1. The third-order valence-corrected chi connectivity index (χ3v) is 6.88. The average Bonchev–Trinajstić information content (AvgIpc) is 3.57. The van der Waals surface area contributed by atoms with Crippen LogP contribution in [0.3, 0.4) is 0 Å². The van der Waals surface area contributed by atoms with Crippen molar-refractivity contribution >= 4 is 17.5 Å². The fraction of sp³-hybridized carbons (Fsp3) is 0.214. The largest absolute Gasteiger partial charge is 0.496 e. The van der Waals surface area contributed by atoms with Gasteiger partial charge >= 0.3 is 6.18 Å². The topological polar surface area (TPSA) is 47.4 Å². The minimum atomic E-state index is -4.62. The molecule has 190 valence electrons. The Kier molecular flexibility index (Phi) is 6.69. The van der Waals surface area contributed by atoms with Crippen molar-refractivity contribution in [2.45, 2.75) is 18.5 Å². The number of benzene rings is 3. The molecule has 1 aromatic heterocycles. The average molecular weight is 526 g/mol. The van der Waals surface area contributed by atoms with E-state index in [1.807, 2.05) is 24.3 Å². The highest BCUT2D eigenvalue weighted by atomic mass is 35.5. The van der Waals surface area contributed by atoms with Gasteiger partial charge in [0.2, 0.25) is 0 Å². The molecule has 1 atom stereocenters. The van der Waals surface area contributed by atoms with E-state index in [0.29, 0.717) is 29.9 Å². The molecule has 4 aromatic rings. The Morgan fingerprint density at radius 1 is 1.03 bits per heavy atom. The van der Waals surface area contributed by atoms with Crippen LogP contribution in [0.2, 0.25) is 5.02 Å². The van der Waals surface area contributed by atoms with E-state index >= 15 is 0 Å². The summed E-state index contributed by atoms with van der Waals surface area (Å²) in [7, 11) is 1.63. The summed E-state index contributed by atoms with van der Waals surface area (Å²) in [5, 5.41) is 4.05. The molecule has 5 rings (SSSR count). The second-order valence-electron chi connectivity index (χ2n) is 8.83. The smallest absolute Gasteiger partial charge is 0.435 e. The molecule has 1 amide bonds. The second-order valence-corrected chi connectivity index (χ2v) is 9.24. The Morgan fingerprint density at radius 2 is 1.73 bits per heavy atom. The number of para-hydroxylation sites is 2. The zero-order valence-corrected chi connectivity index (χ0v) is 20.6. The number of aromatic nitrogens is 2. The van der Waals surface area contributed by atoms with Gasteiger partial charge in [-0.3, -0.25) is 4.79 Å². The molecule has 3 aromatic carbocycles. The molecule has 0 bridgehead atoms. The standard InChI is InChI=1S/C28H23ClF3N3O2/c1-37-25-9-5-2-6-21(25)20-14-15-34(17-20)27(36)19-12-10-18(11-13-19)24-16-26(28(30,31)32)33-35(24)23-8-4-3-7-22(23)29/h2-13,16,20H,14-15,17H2,1H3. The highest BCUT2D eigenvalue weighted by molar-refractivity contribution is 6.32. The number of ether oxygens (including phenoxy) is 1. The number of carbonyl (C=O) groups is 1. The van der Waals surface area contributed by atoms with E-state index in [0.717, 1.165) is 23.8 Å². The van der Waals surface area contributed by atoms with Crippen LogP contribution in [0.25, 0.3) is 16.9 Å². The first-order valence-electron chi connectivity index (χ1n) is 11.7. The third-order valence-electron chi connectivity index (χ3n) is 6.56. The van der Waals surface area contributed by atoms with Crippen molar-refractivity contribution < 1.29 is 22.7 Å². The third kappa shape index (κ3) is 4.93. The summed E-state index contributed by atoms with van der Waals surface area (Å²) in [6.07, 6.45) is -3.80. The Morgan fingerprint density at radius 3 is 2.43 bits per heavy atom. The lowest BCUT2D eigenvalue weighted by molar-refractivity contribution is -0.141. The van der Waals surface area contributed by atoms with E-state index < -0.39 is 11.9 Å². The van der Waals surface area contributed by atoms with Gasteiger partial charge in [-0.05, 0) is 48.4 Å². The van der Waals surface area contributed by atoms with Crippen molar-refractivity contribution in [3.63, 3.8) is 0 Å². The van der Waals surface area contributed by atoms with Crippen molar-refractivity contribution in [2.24, 2.45) is 0 Å². The minimum Gasteiger partial charge on any atom is -0.496 e. The lowest BCUT2D eigenvalue weighted by atomic mass is 9.97. The highest BCUT2D eigenvalue weighted by Gasteiger charge is 2.35. The molecule has 1 saturated heterocycles. The molecule has 0 aliphatic carbocycles. The fourth-order valence-electron chi connectivity index (χ4n) is 4.70. The van der Waals surface area contributed by atoms with E-state index in [1.165, 1.54) is 4.68 Å². The van der Waals surface area contributed by atoms with Crippen molar-refractivity contribution in [1.82, 2.24) is 14.7 Å². The van der Waals surface area contributed by atoms with Gasteiger partial charge in [-0.25, -0.2) is 4.68 Å². The molecule has 1 aliphatic rings. The van der Waals surface area contributed by atoms with E-state index in [-0.39, 0.29) is 22.5 Å². The summed E-state index contributed by atoms with van der Waals surface area (Å²) in [4.78, 5) is 15.0. The van der Waals surface area contributed by atoms with Crippen LogP contribution < -0.4 is 4.74 Å². The molecule has 1 unspecified atom stereocenters. The lowest BCUT2D eigenvalue weighted by Crippen LogP contribution is -2.28. The van der Waals surface area contributed by atoms with Crippen LogP contribution in [0.5, 0.6) is 5.75 Å². The molecule has 0 spiro atoms. The zero-order valence-electron chi connectivity index (χ0n) is 19.9. The summed E-state index contributed by atoms with van der Waals surface area (Å²) in [6.45, 7) is 1.17. The van der Waals surface area contributed by atoms with Gasteiger partial charge in [0.25, 0.3) is 5.91 Å². The Balaban J connectivity index is 1.40. The van der Waals surface area contributed by atoms with Gasteiger partial charge in [0, 0.05) is 30.1 Å². The molecule has 5 nitrogen and oxygen atoms in total. The first kappa shape index (κ1) is 24.9. The van der Waals surface area contributed by atoms with Crippen molar-refractivity contribution in [3.8, 4) is 22.7 Å². The van der Waals surface area contributed by atoms with Crippen molar-refractivity contribution in [1.29, 1.82) is 0 Å². The van der Waals surface area contributed by atoms with Crippen LogP contribution in [-0.4, -0.2) is 40.8 Å². The molecular weight excluding hydrogens is 503 g/mol. The Labute approximate surface area is 217 Å². The van der Waals surface area contributed by atoms with Gasteiger partial charge in [-0.2, -0.15) is 18.3 Å². The minimum absolute atomic E-state index is 0.125. The summed E-state index contributed by atoms with van der Waals surface area (Å²) >= 11 is 6.26. The van der Waals surface area contributed by atoms with Crippen LogP contribution in [0.1, 0.15) is 34.0 Å². The molecule has 0 N–H and O–H groups in total. The van der Waals surface area contributed by atoms with E-state index in [9.17, 15) is 18.0 Å². The lowest BCUT2D eigenvalue weighted by Gasteiger charge is -2.18. The maximum atomic E-state index is 13.5.